The molecule has 5 aromatic rings. The van der Waals surface area contributed by atoms with E-state index in [-0.39, 0.29) is 11.6 Å². The molecule has 5 nitrogen and oxygen atoms in total. The Labute approximate surface area is 201 Å². The van der Waals surface area contributed by atoms with Crippen LogP contribution < -0.4 is 5.32 Å². The maximum Gasteiger partial charge on any atom is 0.182 e. The van der Waals surface area contributed by atoms with Gasteiger partial charge in [-0.25, -0.2) is 13.8 Å². The van der Waals surface area contributed by atoms with E-state index in [1.807, 2.05) is 23.0 Å². The molecule has 0 radical (unpaired) electrons. The van der Waals surface area contributed by atoms with Crippen LogP contribution >= 0.6 is 0 Å². The van der Waals surface area contributed by atoms with E-state index in [9.17, 15) is 8.78 Å². The molecule has 1 saturated carbocycles. The van der Waals surface area contributed by atoms with Gasteiger partial charge in [0, 0.05) is 53.3 Å². The molecule has 1 N–H and O–H groups in total. The molecule has 0 spiro atoms. The van der Waals surface area contributed by atoms with Gasteiger partial charge in [0.2, 0.25) is 0 Å². The number of hydrogen-bond donors (Lipinski definition) is 1. The van der Waals surface area contributed by atoms with Crippen LogP contribution in [0.2, 0.25) is 0 Å². The average Bonchev–Trinajstić information content (AvgIpc) is 3.62. The average molecular weight is 468 g/mol. The Balaban J connectivity index is 1.61. The smallest absolute Gasteiger partial charge is 0.182 e. The molecule has 6 rings (SSSR count). The monoisotopic (exact) mass is 467 g/mol. The van der Waals surface area contributed by atoms with Gasteiger partial charge in [0.15, 0.2) is 5.65 Å². The molecule has 7 heteroatoms. The summed E-state index contributed by atoms with van der Waals surface area (Å²) in [5.74, 6) is -0.614. The Hall–Kier alpha value is -3.97. The summed E-state index contributed by atoms with van der Waals surface area (Å²) in [5.41, 5.74) is 5.59. The lowest BCUT2D eigenvalue weighted by Gasteiger charge is -2.16. The topological polar surface area (TPSA) is 55.6 Å². The fourth-order valence-electron chi connectivity index (χ4n) is 4.40. The summed E-state index contributed by atoms with van der Waals surface area (Å²) in [6.07, 6.45) is 7.93. The van der Waals surface area contributed by atoms with Crippen LogP contribution in [0.4, 0.5) is 8.78 Å². The standard InChI is InChI=1S/C28H23F2N5/c29-21-5-1-18(2-6-21)25-24-17-35(16-15-32-23-9-10-23)34-28(24)33-27(20-3-7-22(30)8-4-20)26(25)19-11-13-31-14-12-19/h1-8,11-14,17,23,32H,9-10,15-16H2. The van der Waals surface area contributed by atoms with E-state index in [0.717, 1.165) is 39.7 Å². The molecule has 0 bridgehead atoms. The highest BCUT2D eigenvalue weighted by atomic mass is 19.1. The number of nitrogens with one attached hydrogen (secondary N) is 1. The van der Waals surface area contributed by atoms with Crippen LogP contribution in [0.3, 0.4) is 0 Å². The van der Waals surface area contributed by atoms with Crippen LogP contribution in [0, 0.1) is 11.6 Å². The zero-order valence-electron chi connectivity index (χ0n) is 19.0. The number of fused-ring (bicyclic) bond motifs is 1. The lowest BCUT2D eigenvalue weighted by atomic mass is 9.90. The van der Waals surface area contributed by atoms with E-state index in [4.69, 9.17) is 10.1 Å². The quantitative estimate of drug-likeness (QED) is 0.326. The molecule has 1 aliphatic carbocycles. The van der Waals surface area contributed by atoms with Crippen molar-refractivity contribution in [3.05, 3.63) is 90.9 Å². The van der Waals surface area contributed by atoms with Crippen molar-refractivity contribution in [3.63, 3.8) is 0 Å². The molecule has 0 amide bonds. The Bertz CT molecular complexity index is 1470. The Morgan fingerprint density at radius 2 is 1.43 bits per heavy atom. The molecule has 35 heavy (non-hydrogen) atoms. The van der Waals surface area contributed by atoms with Gasteiger partial charge in [0.05, 0.1) is 12.2 Å². The molecule has 0 aliphatic heterocycles. The molecule has 0 atom stereocenters. The van der Waals surface area contributed by atoms with Crippen LogP contribution in [-0.4, -0.2) is 32.3 Å². The number of pyridine rings is 2. The van der Waals surface area contributed by atoms with Gasteiger partial charge in [-0.05, 0) is 72.5 Å². The van der Waals surface area contributed by atoms with Crippen molar-refractivity contribution < 1.29 is 8.78 Å². The van der Waals surface area contributed by atoms with Crippen molar-refractivity contribution in [1.29, 1.82) is 0 Å². The maximum atomic E-state index is 13.9. The third kappa shape index (κ3) is 4.42. The minimum Gasteiger partial charge on any atom is -0.312 e. The lowest BCUT2D eigenvalue weighted by molar-refractivity contribution is 0.556. The van der Waals surface area contributed by atoms with E-state index >= 15 is 0 Å². The second-order valence-corrected chi connectivity index (χ2v) is 8.82. The van der Waals surface area contributed by atoms with Gasteiger partial charge in [-0.3, -0.25) is 9.67 Å². The number of nitrogens with zero attached hydrogens (tertiary/aromatic N) is 4. The fraction of sp³-hybridized carbons (Fsp3) is 0.179. The first-order valence-electron chi connectivity index (χ1n) is 11.7. The lowest BCUT2D eigenvalue weighted by Crippen LogP contribution is -2.21. The zero-order valence-corrected chi connectivity index (χ0v) is 19.0. The number of rotatable bonds is 7. The summed E-state index contributed by atoms with van der Waals surface area (Å²) < 4.78 is 29.5. The largest absolute Gasteiger partial charge is 0.312 e. The summed E-state index contributed by atoms with van der Waals surface area (Å²) in [6.45, 7) is 1.54. The van der Waals surface area contributed by atoms with Gasteiger partial charge in [-0.2, -0.15) is 5.10 Å². The van der Waals surface area contributed by atoms with Crippen LogP contribution in [0.25, 0.3) is 44.5 Å². The minimum absolute atomic E-state index is 0.301. The molecule has 3 heterocycles. The van der Waals surface area contributed by atoms with Gasteiger partial charge >= 0.3 is 0 Å². The summed E-state index contributed by atoms with van der Waals surface area (Å²) in [4.78, 5) is 9.14. The summed E-state index contributed by atoms with van der Waals surface area (Å²) >= 11 is 0. The minimum atomic E-state index is -0.313. The van der Waals surface area contributed by atoms with Crippen LogP contribution in [0.1, 0.15) is 12.8 Å². The van der Waals surface area contributed by atoms with Gasteiger partial charge in [0.25, 0.3) is 0 Å². The van der Waals surface area contributed by atoms with Crippen molar-refractivity contribution in [2.24, 2.45) is 0 Å². The molecule has 174 valence electrons. The summed E-state index contributed by atoms with van der Waals surface area (Å²) in [5, 5.41) is 9.17. The third-order valence-electron chi connectivity index (χ3n) is 6.29. The SMILES string of the molecule is Fc1ccc(-c2nc3nn(CCNC4CC4)cc3c(-c3ccc(F)cc3)c2-c2ccncc2)cc1. The van der Waals surface area contributed by atoms with Crippen LogP contribution in [0.5, 0.6) is 0 Å². The van der Waals surface area contributed by atoms with Crippen LogP contribution in [-0.2, 0) is 6.54 Å². The molecule has 2 aromatic carbocycles. The fourth-order valence-corrected chi connectivity index (χ4v) is 4.40. The van der Waals surface area contributed by atoms with Crippen molar-refractivity contribution in [2.45, 2.75) is 25.4 Å². The van der Waals surface area contributed by atoms with Gasteiger partial charge in [-0.15, -0.1) is 0 Å². The molecule has 3 aromatic heterocycles. The third-order valence-corrected chi connectivity index (χ3v) is 6.29. The van der Waals surface area contributed by atoms with E-state index in [2.05, 4.69) is 10.3 Å². The Morgan fingerprint density at radius 3 is 2.09 bits per heavy atom. The van der Waals surface area contributed by atoms with Crippen LogP contribution in [0.15, 0.2) is 79.3 Å². The van der Waals surface area contributed by atoms with Gasteiger partial charge in [-0.1, -0.05) is 12.1 Å². The predicted octanol–water partition coefficient (Wildman–Crippen LogP) is 5.86. The first-order chi connectivity index (χ1) is 17.2. The molecule has 1 aliphatic rings. The number of halogens is 2. The van der Waals surface area contributed by atoms with Crippen molar-refractivity contribution in [3.8, 4) is 33.5 Å². The highest BCUT2D eigenvalue weighted by molar-refractivity contribution is 6.05. The number of hydrogen-bond acceptors (Lipinski definition) is 4. The molecule has 0 unspecified atom stereocenters. The maximum absolute atomic E-state index is 13.9. The van der Waals surface area contributed by atoms with Crippen molar-refractivity contribution in [2.75, 3.05) is 6.54 Å². The van der Waals surface area contributed by atoms with E-state index in [1.54, 1.807) is 36.7 Å². The Kier molecular flexibility index (Phi) is 5.54. The highest BCUT2D eigenvalue weighted by Gasteiger charge is 2.23. The van der Waals surface area contributed by atoms with Gasteiger partial charge < -0.3 is 5.32 Å². The van der Waals surface area contributed by atoms with Crippen molar-refractivity contribution in [1.82, 2.24) is 25.1 Å². The second-order valence-electron chi connectivity index (χ2n) is 8.82. The van der Waals surface area contributed by atoms with Gasteiger partial charge in [0.1, 0.15) is 11.6 Å². The van der Waals surface area contributed by atoms with E-state index in [0.29, 0.717) is 23.9 Å². The molecular formula is C28H23F2N5. The summed E-state index contributed by atoms with van der Waals surface area (Å²) in [7, 11) is 0. The van der Waals surface area contributed by atoms with Crippen molar-refractivity contribution >= 4 is 11.0 Å². The highest BCUT2D eigenvalue weighted by Crippen LogP contribution is 2.42. The Morgan fingerprint density at radius 1 is 0.800 bits per heavy atom. The first kappa shape index (κ1) is 21.6. The van der Waals surface area contributed by atoms with E-state index in [1.165, 1.54) is 37.1 Å². The molecule has 0 saturated heterocycles. The number of aromatic nitrogens is 4. The zero-order chi connectivity index (χ0) is 23.8. The van der Waals surface area contributed by atoms with E-state index < -0.39 is 0 Å². The molecular weight excluding hydrogens is 444 g/mol. The number of benzene rings is 2. The first-order valence-corrected chi connectivity index (χ1v) is 11.7. The molecule has 1 fully saturated rings. The second kappa shape index (κ2) is 9.00. The normalized spacial score (nSPS) is 13.4. The summed E-state index contributed by atoms with van der Waals surface area (Å²) in [6, 6.07) is 17.2. The predicted molar refractivity (Wildman–Crippen MR) is 133 cm³/mol.